The summed E-state index contributed by atoms with van der Waals surface area (Å²) in [7, 11) is -3.20. The Hall–Kier alpha value is -1.47. The quantitative estimate of drug-likeness (QED) is 0.892. The predicted molar refractivity (Wildman–Crippen MR) is 75.3 cm³/mol. The molecule has 0 saturated carbocycles. The van der Waals surface area contributed by atoms with E-state index in [0.717, 1.165) is 24.1 Å². The number of carbonyl (C=O) groups excluding carboxylic acids is 1. The van der Waals surface area contributed by atoms with Crippen molar-refractivity contribution < 1.29 is 13.2 Å². The summed E-state index contributed by atoms with van der Waals surface area (Å²) in [5.41, 5.74) is 1.67. The monoisotopic (exact) mass is 297 g/mol. The third-order valence-corrected chi connectivity index (χ3v) is 4.66. The van der Waals surface area contributed by atoms with Crippen molar-refractivity contribution in [1.29, 1.82) is 0 Å². The molecule has 110 valence electrons. The second kappa shape index (κ2) is 5.88. The van der Waals surface area contributed by atoms with E-state index < -0.39 is 10.0 Å². The number of carbonyl (C=O) groups is 1. The minimum absolute atomic E-state index is 0.115. The minimum atomic E-state index is -3.20. The Morgan fingerprint density at radius 1 is 1.55 bits per heavy atom. The van der Waals surface area contributed by atoms with Crippen molar-refractivity contribution >= 4 is 15.9 Å². The molecule has 1 aliphatic heterocycles. The van der Waals surface area contributed by atoms with E-state index in [9.17, 15) is 13.2 Å². The number of sulfonamides is 1. The van der Waals surface area contributed by atoms with Crippen LogP contribution in [0.15, 0.2) is 18.3 Å². The number of rotatable bonds is 4. The molecule has 1 aromatic heterocycles. The van der Waals surface area contributed by atoms with Crippen LogP contribution in [-0.2, 0) is 21.4 Å². The number of hydrogen-bond acceptors (Lipinski definition) is 4. The van der Waals surface area contributed by atoms with Crippen molar-refractivity contribution in [2.45, 2.75) is 32.4 Å². The van der Waals surface area contributed by atoms with Crippen LogP contribution in [0.2, 0.25) is 0 Å². The lowest BCUT2D eigenvalue weighted by atomic mass is 10.1. The number of aromatic nitrogens is 1. The zero-order chi connectivity index (χ0) is 14.8. The van der Waals surface area contributed by atoms with E-state index in [1.807, 2.05) is 12.1 Å². The van der Waals surface area contributed by atoms with Gasteiger partial charge in [-0.1, -0.05) is 0 Å². The molecule has 20 heavy (non-hydrogen) atoms. The first-order chi connectivity index (χ1) is 9.38. The second-order valence-corrected chi connectivity index (χ2v) is 6.96. The largest absolute Gasteiger partial charge is 0.351 e. The van der Waals surface area contributed by atoms with Crippen LogP contribution in [0, 0.1) is 0 Å². The minimum Gasteiger partial charge on any atom is -0.351 e. The summed E-state index contributed by atoms with van der Waals surface area (Å²) in [4.78, 5) is 15.1. The van der Waals surface area contributed by atoms with Crippen LogP contribution in [-0.4, -0.2) is 36.4 Å². The van der Waals surface area contributed by atoms with E-state index >= 15 is 0 Å². The Morgan fingerprint density at radius 3 is 2.95 bits per heavy atom. The highest BCUT2D eigenvalue weighted by molar-refractivity contribution is 7.88. The molecule has 0 aromatic carbocycles. The fourth-order valence-corrected chi connectivity index (χ4v) is 3.64. The van der Waals surface area contributed by atoms with Crippen LogP contribution in [0.3, 0.4) is 0 Å². The van der Waals surface area contributed by atoms with Crippen molar-refractivity contribution in [2.75, 3.05) is 12.8 Å². The van der Waals surface area contributed by atoms with Crippen LogP contribution in [0.25, 0.3) is 0 Å². The van der Waals surface area contributed by atoms with Gasteiger partial charge in [0.1, 0.15) is 0 Å². The van der Waals surface area contributed by atoms with Gasteiger partial charge in [-0.05, 0) is 30.5 Å². The molecule has 1 N–H and O–H groups in total. The molecule has 1 aromatic rings. The van der Waals surface area contributed by atoms with Gasteiger partial charge in [-0.15, -0.1) is 0 Å². The summed E-state index contributed by atoms with van der Waals surface area (Å²) in [6.07, 6.45) is 4.58. The number of nitrogens with one attached hydrogen (secondary N) is 1. The second-order valence-electron chi connectivity index (χ2n) is 5.02. The van der Waals surface area contributed by atoms with Crippen LogP contribution in [0.4, 0.5) is 0 Å². The van der Waals surface area contributed by atoms with Gasteiger partial charge < -0.3 is 5.32 Å². The first-order valence-corrected chi connectivity index (χ1v) is 8.39. The molecule has 1 aliphatic rings. The Labute approximate surface area is 119 Å². The molecule has 1 amide bonds. The number of amides is 1. The summed E-state index contributed by atoms with van der Waals surface area (Å²) in [6.45, 7) is 2.37. The van der Waals surface area contributed by atoms with Crippen LogP contribution in [0.1, 0.15) is 37.1 Å². The fourth-order valence-electron chi connectivity index (χ4n) is 2.49. The molecule has 1 saturated heterocycles. The number of pyridine rings is 1. The van der Waals surface area contributed by atoms with Gasteiger partial charge in [0.15, 0.2) is 0 Å². The summed E-state index contributed by atoms with van der Waals surface area (Å²) >= 11 is 0. The summed E-state index contributed by atoms with van der Waals surface area (Å²) in [6, 6.07) is 3.58. The van der Waals surface area contributed by atoms with Crippen molar-refractivity contribution in [1.82, 2.24) is 14.6 Å². The zero-order valence-electron chi connectivity index (χ0n) is 11.7. The average molecular weight is 297 g/mol. The molecular weight excluding hydrogens is 278 g/mol. The number of hydrogen-bond donors (Lipinski definition) is 1. The van der Waals surface area contributed by atoms with E-state index in [4.69, 9.17) is 0 Å². The smallest absolute Gasteiger partial charge is 0.217 e. The Kier molecular flexibility index (Phi) is 4.39. The van der Waals surface area contributed by atoms with Gasteiger partial charge in [0.2, 0.25) is 15.9 Å². The van der Waals surface area contributed by atoms with Crippen molar-refractivity contribution in [2.24, 2.45) is 0 Å². The molecule has 0 bridgehead atoms. The molecule has 2 rings (SSSR count). The normalized spacial score (nSPS) is 20.0. The SMILES string of the molecule is CC(=O)NCc1cc(C2CCCN2S(C)(=O)=O)ccn1. The first kappa shape index (κ1) is 14.9. The molecule has 1 fully saturated rings. The van der Waals surface area contributed by atoms with Gasteiger partial charge in [-0.2, -0.15) is 4.31 Å². The highest BCUT2D eigenvalue weighted by Gasteiger charge is 2.32. The topological polar surface area (TPSA) is 79.4 Å². The van der Waals surface area contributed by atoms with Crippen LogP contribution >= 0.6 is 0 Å². The lowest BCUT2D eigenvalue weighted by Gasteiger charge is -2.22. The molecule has 0 spiro atoms. The Morgan fingerprint density at radius 2 is 2.30 bits per heavy atom. The third-order valence-electron chi connectivity index (χ3n) is 3.37. The van der Waals surface area contributed by atoms with Crippen LogP contribution < -0.4 is 5.32 Å². The van der Waals surface area contributed by atoms with Gasteiger partial charge >= 0.3 is 0 Å². The molecule has 1 unspecified atom stereocenters. The van der Waals surface area contributed by atoms with Crippen molar-refractivity contribution in [3.8, 4) is 0 Å². The van der Waals surface area contributed by atoms with Gasteiger partial charge in [-0.25, -0.2) is 8.42 Å². The number of nitrogens with zero attached hydrogens (tertiary/aromatic N) is 2. The van der Waals surface area contributed by atoms with Crippen molar-refractivity contribution in [3.63, 3.8) is 0 Å². The molecule has 2 heterocycles. The fraction of sp³-hybridized carbons (Fsp3) is 0.538. The lowest BCUT2D eigenvalue weighted by Crippen LogP contribution is -2.29. The Bertz CT molecular complexity index is 601. The molecule has 6 nitrogen and oxygen atoms in total. The lowest BCUT2D eigenvalue weighted by molar-refractivity contribution is -0.119. The maximum atomic E-state index is 11.8. The van der Waals surface area contributed by atoms with Crippen molar-refractivity contribution in [3.05, 3.63) is 29.6 Å². The summed E-state index contributed by atoms with van der Waals surface area (Å²) in [5.74, 6) is -0.115. The molecular formula is C13H19N3O3S. The summed E-state index contributed by atoms with van der Waals surface area (Å²) in [5, 5.41) is 2.69. The highest BCUT2D eigenvalue weighted by atomic mass is 32.2. The third kappa shape index (κ3) is 3.55. The highest BCUT2D eigenvalue weighted by Crippen LogP contribution is 2.33. The zero-order valence-corrected chi connectivity index (χ0v) is 12.5. The standard InChI is InChI=1S/C13H19N3O3S/c1-10(17)15-9-12-8-11(5-6-14-12)13-4-3-7-16(13)20(2,18)19/h5-6,8,13H,3-4,7,9H2,1-2H3,(H,15,17). The van der Waals surface area contributed by atoms with Crippen LogP contribution in [0.5, 0.6) is 0 Å². The van der Waals surface area contributed by atoms with Gasteiger partial charge in [0, 0.05) is 25.7 Å². The molecule has 7 heteroatoms. The molecule has 0 radical (unpaired) electrons. The predicted octanol–water partition coefficient (Wildman–Crippen LogP) is 0.814. The Balaban J connectivity index is 2.20. The van der Waals surface area contributed by atoms with Gasteiger partial charge in [-0.3, -0.25) is 9.78 Å². The summed E-state index contributed by atoms with van der Waals surface area (Å²) < 4.78 is 25.1. The molecule has 0 aliphatic carbocycles. The van der Waals surface area contributed by atoms with E-state index in [2.05, 4.69) is 10.3 Å². The maximum absolute atomic E-state index is 11.8. The van der Waals surface area contributed by atoms with E-state index in [0.29, 0.717) is 13.1 Å². The maximum Gasteiger partial charge on any atom is 0.217 e. The van der Waals surface area contributed by atoms with E-state index in [-0.39, 0.29) is 11.9 Å². The van der Waals surface area contributed by atoms with Gasteiger partial charge in [0.25, 0.3) is 0 Å². The van der Waals surface area contributed by atoms with Gasteiger partial charge in [0.05, 0.1) is 18.5 Å². The average Bonchev–Trinajstić information content (AvgIpc) is 2.86. The van der Waals surface area contributed by atoms with E-state index in [1.54, 1.807) is 6.20 Å². The first-order valence-electron chi connectivity index (χ1n) is 6.54. The van der Waals surface area contributed by atoms with E-state index in [1.165, 1.54) is 17.5 Å². The molecule has 1 atom stereocenters.